The van der Waals surface area contributed by atoms with E-state index in [0.29, 0.717) is 35.6 Å². The molecule has 0 amide bonds. The second-order valence-corrected chi connectivity index (χ2v) is 12.6. The molecule has 0 bridgehead atoms. The van der Waals surface area contributed by atoms with Gasteiger partial charge >= 0.3 is 0 Å². The first kappa shape index (κ1) is 24.9. The molecule has 200 valence electrons. The van der Waals surface area contributed by atoms with Crippen LogP contribution in [-0.2, 0) is 23.5 Å². The number of alkyl halides is 1. The lowest BCUT2D eigenvalue weighted by Gasteiger charge is -2.19. The van der Waals surface area contributed by atoms with Crippen LogP contribution >= 0.6 is 0 Å². The highest BCUT2D eigenvalue weighted by Gasteiger charge is 2.33. The summed E-state index contributed by atoms with van der Waals surface area (Å²) in [5.74, 6) is 1.62. The Kier molecular flexibility index (Phi) is 5.76. The first-order chi connectivity index (χ1) is 18.0. The summed E-state index contributed by atoms with van der Waals surface area (Å²) in [4.78, 5) is 0.0877. The van der Waals surface area contributed by atoms with Crippen LogP contribution in [0.1, 0.15) is 67.6 Å². The molecule has 6 rings (SSSR count). The summed E-state index contributed by atoms with van der Waals surface area (Å²) in [6, 6.07) is 5.24. The molecule has 1 saturated carbocycles. The van der Waals surface area contributed by atoms with E-state index in [1.807, 2.05) is 30.7 Å². The van der Waals surface area contributed by atoms with E-state index in [4.69, 9.17) is 0 Å². The van der Waals surface area contributed by atoms with Gasteiger partial charge in [0.05, 0.1) is 27.8 Å². The van der Waals surface area contributed by atoms with Crippen LogP contribution in [0.15, 0.2) is 29.4 Å². The molecular formula is C25H30FN9O2S. The number of nitrogens with one attached hydrogen (secondary N) is 2. The number of sulfonamides is 1. The average molecular weight is 540 g/mol. The molecule has 1 fully saturated rings. The summed E-state index contributed by atoms with van der Waals surface area (Å²) in [7, 11) is -2.19. The number of hydrogen-bond acceptors (Lipinski definition) is 8. The quantitative estimate of drug-likeness (QED) is 0.349. The maximum Gasteiger partial charge on any atom is 0.241 e. The van der Waals surface area contributed by atoms with E-state index in [0.717, 1.165) is 41.2 Å². The van der Waals surface area contributed by atoms with Crippen molar-refractivity contribution in [2.75, 3.05) is 11.9 Å². The standard InChI is InChI=1S/C25H30FN9O2S/c1-14-9-22(34(4)33-14)35-13-27-32-24(35)29-19-8-7-16-17(19)11-21(38(36,37)28-12-25(2,3)26)18-10-20(15-5-6-15)30-31-23(16)18/h9-11,13,15,19,28H,5-8,12H2,1-4H3,(H,29,32). The van der Waals surface area contributed by atoms with Crippen molar-refractivity contribution < 1.29 is 12.8 Å². The summed E-state index contributed by atoms with van der Waals surface area (Å²) in [5, 5.41) is 25.7. The fourth-order valence-electron chi connectivity index (χ4n) is 5.05. The topological polar surface area (TPSA) is 133 Å². The smallest absolute Gasteiger partial charge is 0.241 e. The van der Waals surface area contributed by atoms with Gasteiger partial charge in [-0.3, -0.25) is 9.25 Å². The first-order valence-corrected chi connectivity index (χ1v) is 14.2. The summed E-state index contributed by atoms with van der Waals surface area (Å²) < 4.78 is 47.3. The van der Waals surface area contributed by atoms with Crippen molar-refractivity contribution >= 4 is 26.9 Å². The monoisotopic (exact) mass is 539 g/mol. The molecule has 1 aromatic carbocycles. The van der Waals surface area contributed by atoms with Gasteiger partial charge < -0.3 is 5.32 Å². The van der Waals surface area contributed by atoms with Gasteiger partial charge in [0.25, 0.3) is 0 Å². The molecule has 0 aliphatic heterocycles. The van der Waals surface area contributed by atoms with Gasteiger partial charge in [0.2, 0.25) is 16.0 Å². The van der Waals surface area contributed by atoms with Crippen molar-refractivity contribution in [3.05, 3.63) is 47.0 Å². The number of aromatic nitrogens is 7. The van der Waals surface area contributed by atoms with Crippen molar-refractivity contribution in [2.24, 2.45) is 7.05 Å². The molecule has 3 aromatic heterocycles. The Hall–Kier alpha value is -3.45. The van der Waals surface area contributed by atoms with Crippen molar-refractivity contribution in [1.29, 1.82) is 0 Å². The van der Waals surface area contributed by atoms with Gasteiger partial charge in [0.15, 0.2) is 0 Å². The fraction of sp³-hybridized carbons (Fsp3) is 0.480. The summed E-state index contributed by atoms with van der Waals surface area (Å²) in [6.45, 7) is 4.26. The maximum atomic E-state index is 14.2. The predicted octanol–water partition coefficient (Wildman–Crippen LogP) is 3.26. The highest BCUT2D eigenvalue weighted by Crippen LogP contribution is 2.43. The van der Waals surface area contributed by atoms with Crippen LogP contribution in [0, 0.1) is 6.92 Å². The van der Waals surface area contributed by atoms with E-state index in [1.54, 1.807) is 17.1 Å². The summed E-state index contributed by atoms with van der Waals surface area (Å²) in [6.07, 6.45) is 5.06. The third kappa shape index (κ3) is 4.53. The minimum absolute atomic E-state index is 0.0877. The SMILES string of the molecule is Cc1cc(-n2cnnc2NC2CCc3c2cc(S(=O)(=O)NCC(C)(C)F)c2cc(C4CC4)nnc32)n(C)n1. The Morgan fingerprint density at radius 2 is 1.92 bits per heavy atom. The molecule has 0 saturated heterocycles. The molecule has 3 heterocycles. The van der Waals surface area contributed by atoms with Gasteiger partial charge in [-0.2, -0.15) is 10.2 Å². The van der Waals surface area contributed by atoms with Crippen LogP contribution in [0.3, 0.4) is 0 Å². The van der Waals surface area contributed by atoms with Crippen LogP contribution < -0.4 is 10.0 Å². The van der Waals surface area contributed by atoms with Gasteiger partial charge in [-0.05, 0) is 69.7 Å². The van der Waals surface area contributed by atoms with Crippen LogP contribution in [-0.4, -0.2) is 55.4 Å². The fourth-order valence-corrected chi connectivity index (χ4v) is 6.47. The van der Waals surface area contributed by atoms with E-state index >= 15 is 0 Å². The molecule has 4 aromatic rings. The molecular weight excluding hydrogens is 509 g/mol. The number of aryl methyl sites for hydroxylation is 3. The van der Waals surface area contributed by atoms with Gasteiger partial charge in [-0.15, -0.1) is 15.3 Å². The molecule has 38 heavy (non-hydrogen) atoms. The number of rotatable bonds is 8. The lowest BCUT2D eigenvalue weighted by atomic mass is 10.0. The lowest BCUT2D eigenvalue weighted by molar-refractivity contribution is 0.221. The minimum atomic E-state index is -4.03. The van der Waals surface area contributed by atoms with Crippen molar-refractivity contribution in [2.45, 2.75) is 69.0 Å². The second-order valence-electron chi connectivity index (χ2n) is 10.8. The van der Waals surface area contributed by atoms with Crippen molar-refractivity contribution in [1.82, 2.24) is 39.5 Å². The molecule has 13 heteroatoms. The predicted molar refractivity (Wildman–Crippen MR) is 139 cm³/mol. The molecule has 11 nitrogen and oxygen atoms in total. The Labute approximate surface area is 219 Å². The number of halogens is 1. The van der Waals surface area contributed by atoms with E-state index in [-0.39, 0.29) is 17.5 Å². The maximum absolute atomic E-state index is 14.2. The number of fused-ring (bicyclic) bond motifs is 3. The lowest BCUT2D eigenvalue weighted by Crippen LogP contribution is -2.35. The first-order valence-electron chi connectivity index (χ1n) is 12.7. The van der Waals surface area contributed by atoms with Crippen LogP contribution in [0.5, 0.6) is 0 Å². The minimum Gasteiger partial charge on any atom is -0.347 e. The highest BCUT2D eigenvalue weighted by molar-refractivity contribution is 7.89. The van der Waals surface area contributed by atoms with E-state index in [2.05, 4.69) is 35.5 Å². The average Bonchev–Trinajstić information content (AvgIpc) is 3.34. The van der Waals surface area contributed by atoms with E-state index < -0.39 is 15.7 Å². The summed E-state index contributed by atoms with van der Waals surface area (Å²) in [5.41, 5.74) is 2.30. The largest absolute Gasteiger partial charge is 0.347 e. The molecule has 1 atom stereocenters. The zero-order chi connectivity index (χ0) is 26.8. The zero-order valence-electron chi connectivity index (χ0n) is 21.7. The second kappa shape index (κ2) is 8.80. The third-order valence-corrected chi connectivity index (χ3v) is 8.54. The van der Waals surface area contributed by atoms with Crippen LogP contribution in [0.25, 0.3) is 16.7 Å². The van der Waals surface area contributed by atoms with E-state index in [9.17, 15) is 12.8 Å². The van der Waals surface area contributed by atoms with Crippen molar-refractivity contribution in [3.8, 4) is 5.82 Å². The Morgan fingerprint density at radius 3 is 2.61 bits per heavy atom. The number of benzene rings is 1. The molecule has 2 N–H and O–H groups in total. The van der Waals surface area contributed by atoms with E-state index in [1.165, 1.54) is 13.8 Å². The summed E-state index contributed by atoms with van der Waals surface area (Å²) >= 11 is 0. The number of hydrogen-bond donors (Lipinski definition) is 2. The van der Waals surface area contributed by atoms with Gasteiger partial charge in [0.1, 0.15) is 17.8 Å². The molecule has 1 unspecified atom stereocenters. The normalized spacial score (nSPS) is 17.8. The highest BCUT2D eigenvalue weighted by atomic mass is 32.2. The van der Waals surface area contributed by atoms with Crippen molar-refractivity contribution in [3.63, 3.8) is 0 Å². The molecule has 0 radical (unpaired) electrons. The third-order valence-electron chi connectivity index (χ3n) is 7.10. The molecule has 2 aliphatic rings. The van der Waals surface area contributed by atoms with Gasteiger partial charge in [-0.1, -0.05) is 0 Å². The zero-order valence-corrected chi connectivity index (χ0v) is 22.5. The molecule has 0 spiro atoms. The van der Waals surface area contributed by atoms with Gasteiger partial charge in [-0.25, -0.2) is 17.5 Å². The Morgan fingerprint density at radius 1 is 1.13 bits per heavy atom. The Balaban J connectivity index is 1.43. The van der Waals surface area contributed by atoms with Crippen LogP contribution in [0.4, 0.5) is 10.3 Å². The van der Waals surface area contributed by atoms with Gasteiger partial charge in [0, 0.05) is 31.0 Å². The number of nitrogens with zero attached hydrogens (tertiary/aromatic N) is 7. The van der Waals surface area contributed by atoms with Crippen LogP contribution in [0.2, 0.25) is 0 Å². The Bertz CT molecular complexity index is 1650. The number of anilines is 1. The molecule has 2 aliphatic carbocycles.